The van der Waals surface area contributed by atoms with Crippen molar-refractivity contribution >= 4 is 11.6 Å². The highest BCUT2D eigenvalue weighted by molar-refractivity contribution is 6.18. The number of aryl methyl sites for hydroxylation is 1. The standard InChI is InChI=1S/C11H18ClN3/c1-10-13-5-7-14(10)8-9-15(6-4-12)11-2-3-11/h5,7,11H,2-4,6,8-9H2,1H3. The SMILES string of the molecule is Cc1nccn1CCN(CCCl)C1CC1. The zero-order valence-corrected chi connectivity index (χ0v) is 9.95. The fraction of sp³-hybridized carbons (Fsp3) is 0.727. The second-order valence-corrected chi connectivity index (χ2v) is 4.50. The molecule has 0 saturated heterocycles. The topological polar surface area (TPSA) is 21.1 Å². The predicted molar refractivity (Wildman–Crippen MR) is 62.3 cm³/mol. The van der Waals surface area contributed by atoms with Crippen molar-refractivity contribution < 1.29 is 0 Å². The van der Waals surface area contributed by atoms with Gasteiger partial charge in [0.2, 0.25) is 0 Å². The summed E-state index contributed by atoms with van der Waals surface area (Å²) in [6.07, 6.45) is 6.60. The molecular formula is C11H18ClN3. The van der Waals surface area contributed by atoms with Crippen LogP contribution in [0, 0.1) is 6.92 Å². The molecule has 1 heterocycles. The molecule has 15 heavy (non-hydrogen) atoms. The molecule has 0 aliphatic heterocycles. The van der Waals surface area contributed by atoms with Crippen LogP contribution in [-0.2, 0) is 6.54 Å². The molecule has 0 spiro atoms. The Balaban J connectivity index is 1.82. The third-order valence-corrected chi connectivity index (χ3v) is 3.16. The van der Waals surface area contributed by atoms with E-state index in [4.69, 9.17) is 11.6 Å². The van der Waals surface area contributed by atoms with Gasteiger partial charge in [0.05, 0.1) is 0 Å². The maximum Gasteiger partial charge on any atom is 0.105 e. The van der Waals surface area contributed by atoms with E-state index in [2.05, 4.69) is 14.5 Å². The molecule has 3 nitrogen and oxygen atoms in total. The minimum atomic E-state index is 0.736. The molecule has 1 fully saturated rings. The average Bonchev–Trinajstić information content (AvgIpc) is 2.98. The zero-order chi connectivity index (χ0) is 10.7. The second-order valence-electron chi connectivity index (χ2n) is 4.12. The number of aromatic nitrogens is 2. The van der Waals surface area contributed by atoms with Gasteiger partial charge in [0.1, 0.15) is 5.82 Å². The zero-order valence-electron chi connectivity index (χ0n) is 9.19. The monoisotopic (exact) mass is 227 g/mol. The molecule has 1 aliphatic rings. The minimum absolute atomic E-state index is 0.736. The first-order valence-corrected chi connectivity index (χ1v) is 6.12. The second kappa shape index (κ2) is 4.99. The summed E-state index contributed by atoms with van der Waals surface area (Å²) in [7, 11) is 0. The molecule has 1 aromatic heterocycles. The van der Waals surface area contributed by atoms with E-state index in [-0.39, 0.29) is 0 Å². The summed E-state index contributed by atoms with van der Waals surface area (Å²) >= 11 is 5.80. The third kappa shape index (κ3) is 2.95. The number of hydrogen-bond donors (Lipinski definition) is 0. The van der Waals surface area contributed by atoms with Crippen LogP contribution in [0.5, 0.6) is 0 Å². The third-order valence-electron chi connectivity index (χ3n) is 2.99. The Labute approximate surface area is 96.0 Å². The van der Waals surface area contributed by atoms with Gasteiger partial charge in [0.25, 0.3) is 0 Å². The number of alkyl halides is 1. The molecule has 0 N–H and O–H groups in total. The molecular weight excluding hydrogens is 210 g/mol. The van der Waals surface area contributed by atoms with Crippen molar-refractivity contribution in [3.8, 4) is 0 Å². The molecule has 1 saturated carbocycles. The number of nitrogens with zero attached hydrogens (tertiary/aromatic N) is 3. The van der Waals surface area contributed by atoms with Crippen LogP contribution >= 0.6 is 11.6 Å². The highest BCUT2D eigenvalue weighted by Gasteiger charge is 2.27. The van der Waals surface area contributed by atoms with Crippen molar-refractivity contribution in [2.45, 2.75) is 32.4 Å². The van der Waals surface area contributed by atoms with Crippen molar-refractivity contribution in [1.82, 2.24) is 14.5 Å². The molecule has 1 aromatic rings. The lowest BCUT2D eigenvalue weighted by molar-refractivity contribution is 0.267. The number of hydrogen-bond acceptors (Lipinski definition) is 2. The van der Waals surface area contributed by atoms with Gasteiger partial charge in [-0.15, -0.1) is 11.6 Å². The van der Waals surface area contributed by atoms with Gasteiger partial charge in [-0.3, -0.25) is 4.90 Å². The first kappa shape index (κ1) is 11.0. The predicted octanol–water partition coefficient (Wildman–Crippen LogP) is 1.89. The van der Waals surface area contributed by atoms with Gasteiger partial charge >= 0.3 is 0 Å². The summed E-state index contributed by atoms with van der Waals surface area (Å²) in [6.45, 7) is 5.18. The molecule has 1 aliphatic carbocycles. The Bertz CT molecular complexity index is 307. The van der Waals surface area contributed by atoms with Crippen LogP contribution in [-0.4, -0.2) is 39.5 Å². The Kier molecular flexibility index (Phi) is 3.65. The smallest absolute Gasteiger partial charge is 0.105 e. The van der Waals surface area contributed by atoms with E-state index in [0.29, 0.717) is 0 Å². The molecule has 0 aromatic carbocycles. The van der Waals surface area contributed by atoms with Crippen molar-refractivity contribution in [3.63, 3.8) is 0 Å². The van der Waals surface area contributed by atoms with Crippen LogP contribution in [0.2, 0.25) is 0 Å². The van der Waals surface area contributed by atoms with Crippen LogP contribution in [0.1, 0.15) is 18.7 Å². The number of halogens is 1. The Hall–Kier alpha value is -0.540. The molecule has 0 bridgehead atoms. The van der Waals surface area contributed by atoms with Crippen molar-refractivity contribution in [1.29, 1.82) is 0 Å². The van der Waals surface area contributed by atoms with Crippen molar-refractivity contribution in [3.05, 3.63) is 18.2 Å². The van der Waals surface area contributed by atoms with E-state index >= 15 is 0 Å². The summed E-state index contributed by atoms with van der Waals surface area (Å²) in [5, 5.41) is 0. The van der Waals surface area contributed by atoms with E-state index in [1.54, 1.807) is 0 Å². The summed E-state index contributed by atoms with van der Waals surface area (Å²) in [5.41, 5.74) is 0. The highest BCUT2D eigenvalue weighted by atomic mass is 35.5. The van der Waals surface area contributed by atoms with Crippen LogP contribution in [0.25, 0.3) is 0 Å². The Morgan fingerprint density at radius 3 is 2.87 bits per heavy atom. The maximum absolute atomic E-state index is 5.80. The summed E-state index contributed by atoms with van der Waals surface area (Å²) in [5.74, 6) is 1.83. The molecule has 0 atom stereocenters. The lowest BCUT2D eigenvalue weighted by atomic mass is 10.4. The lowest BCUT2D eigenvalue weighted by Crippen LogP contribution is -2.31. The van der Waals surface area contributed by atoms with Crippen LogP contribution < -0.4 is 0 Å². The quantitative estimate of drug-likeness (QED) is 0.693. The average molecular weight is 228 g/mol. The van der Waals surface area contributed by atoms with Crippen LogP contribution in [0.4, 0.5) is 0 Å². The van der Waals surface area contributed by atoms with E-state index < -0.39 is 0 Å². The van der Waals surface area contributed by atoms with Crippen molar-refractivity contribution in [2.24, 2.45) is 0 Å². The molecule has 0 radical (unpaired) electrons. The molecule has 84 valence electrons. The van der Waals surface area contributed by atoms with E-state index in [0.717, 1.165) is 37.4 Å². The lowest BCUT2D eigenvalue weighted by Gasteiger charge is -2.21. The van der Waals surface area contributed by atoms with Gasteiger partial charge in [0, 0.05) is 43.9 Å². The fourth-order valence-corrected chi connectivity index (χ4v) is 2.12. The largest absolute Gasteiger partial charge is 0.334 e. The van der Waals surface area contributed by atoms with Crippen LogP contribution in [0.15, 0.2) is 12.4 Å². The first-order chi connectivity index (χ1) is 7.31. The van der Waals surface area contributed by atoms with E-state index in [9.17, 15) is 0 Å². The van der Waals surface area contributed by atoms with Gasteiger partial charge < -0.3 is 4.57 Å². The highest BCUT2D eigenvalue weighted by Crippen LogP contribution is 2.26. The summed E-state index contributed by atoms with van der Waals surface area (Å²) < 4.78 is 2.20. The van der Waals surface area contributed by atoms with E-state index in [1.807, 2.05) is 19.3 Å². The van der Waals surface area contributed by atoms with Gasteiger partial charge in [0.15, 0.2) is 0 Å². The minimum Gasteiger partial charge on any atom is -0.334 e. The molecule has 2 rings (SSSR count). The van der Waals surface area contributed by atoms with Gasteiger partial charge in [-0.2, -0.15) is 0 Å². The normalized spacial score (nSPS) is 16.2. The molecule has 4 heteroatoms. The summed E-state index contributed by atoms with van der Waals surface area (Å²) in [6, 6.07) is 0.799. The first-order valence-electron chi connectivity index (χ1n) is 5.59. The van der Waals surface area contributed by atoms with E-state index in [1.165, 1.54) is 12.8 Å². The maximum atomic E-state index is 5.80. The van der Waals surface area contributed by atoms with Gasteiger partial charge in [-0.25, -0.2) is 4.98 Å². The number of rotatable bonds is 6. The Morgan fingerprint density at radius 2 is 2.33 bits per heavy atom. The molecule has 0 amide bonds. The number of imidazole rings is 1. The van der Waals surface area contributed by atoms with Gasteiger partial charge in [-0.05, 0) is 19.8 Å². The van der Waals surface area contributed by atoms with Crippen molar-refractivity contribution in [2.75, 3.05) is 19.0 Å². The Morgan fingerprint density at radius 1 is 1.53 bits per heavy atom. The molecule has 0 unspecified atom stereocenters. The summed E-state index contributed by atoms with van der Waals surface area (Å²) in [4.78, 5) is 6.71. The van der Waals surface area contributed by atoms with Gasteiger partial charge in [-0.1, -0.05) is 0 Å². The fourth-order valence-electron chi connectivity index (χ4n) is 1.90. The van der Waals surface area contributed by atoms with Crippen LogP contribution in [0.3, 0.4) is 0 Å².